The highest BCUT2D eigenvalue weighted by Gasteiger charge is 2.14. The van der Waals surface area contributed by atoms with Gasteiger partial charge in [0.2, 0.25) is 5.91 Å². The summed E-state index contributed by atoms with van der Waals surface area (Å²) in [5, 5.41) is 2.85. The van der Waals surface area contributed by atoms with E-state index in [-0.39, 0.29) is 18.2 Å². The van der Waals surface area contributed by atoms with E-state index in [4.69, 9.17) is 4.74 Å². The molecule has 0 fully saturated rings. The Bertz CT molecular complexity index is 739. The normalized spacial score (nSPS) is 10.2. The number of nitrogens with zero attached hydrogens (tertiary/aromatic N) is 1. The van der Waals surface area contributed by atoms with Crippen LogP contribution in [0.5, 0.6) is 5.75 Å². The third kappa shape index (κ3) is 4.83. The maximum atomic E-state index is 12.4. The number of amides is 2. The van der Waals surface area contributed by atoms with Crippen molar-refractivity contribution in [1.29, 1.82) is 0 Å². The fourth-order valence-electron chi connectivity index (χ4n) is 2.65. The number of ether oxygens (including phenoxy) is 1. The Morgan fingerprint density at radius 3 is 2.44 bits per heavy atom. The lowest BCUT2D eigenvalue weighted by Crippen LogP contribution is -2.30. The molecule has 0 heterocycles. The monoisotopic (exact) mass is 340 g/mol. The molecule has 25 heavy (non-hydrogen) atoms. The quantitative estimate of drug-likeness (QED) is 0.841. The lowest BCUT2D eigenvalue weighted by molar-refractivity contribution is -0.115. The van der Waals surface area contributed by atoms with E-state index in [1.165, 1.54) is 0 Å². The molecule has 1 N–H and O–H groups in total. The van der Waals surface area contributed by atoms with Crippen LogP contribution >= 0.6 is 0 Å². The molecular formula is C20H24N2O3. The molecule has 5 nitrogen and oxygen atoms in total. The van der Waals surface area contributed by atoms with Gasteiger partial charge in [-0.1, -0.05) is 24.3 Å². The van der Waals surface area contributed by atoms with Crippen molar-refractivity contribution in [2.24, 2.45) is 0 Å². The van der Waals surface area contributed by atoms with Crippen LogP contribution in [0.15, 0.2) is 48.5 Å². The average Bonchev–Trinajstić information content (AvgIpc) is 2.63. The highest BCUT2D eigenvalue weighted by atomic mass is 16.5. The van der Waals surface area contributed by atoms with Crippen molar-refractivity contribution < 1.29 is 14.3 Å². The molecule has 0 bridgehead atoms. The van der Waals surface area contributed by atoms with Crippen LogP contribution in [0.3, 0.4) is 0 Å². The van der Waals surface area contributed by atoms with E-state index in [2.05, 4.69) is 5.32 Å². The summed E-state index contributed by atoms with van der Waals surface area (Å²) in [5.74, 6) is 0.492. The number of hydrogen-bond donors (Lipinski definition) is 1. The van der Waals surface area contributed by atoms with Gasteiger partial charge in [0.15, 0.2) is 0 Å². The summed E-state index contributed by atoms with van der Waals surface area (Å²) >= 11 is 0. The van der Waals surface area contributed by atoms with Crippen molar-refractivity contribution >= 4 is 17.5 Å². The van der Waals surface area contributed by atoms with Gasteiger partial charge in [-0.25, -0.2) is 0 Å². The van der Waals surface area contributed by atoms with Crippen molar-refractivity contribution in [2.45, 2.75) is 20.3 Å². The summed E-state index contributed by atoms with van der Waals surface area (Å²) in [5.41, 5.74) is 1.99. The first-order valence-corrected chi connectivity index (χ1v) is 8.40. The number of carbonyl (C=O) groups is 2. The van der Waals surface area contributed by atoms with E-state index in [9.17, 15) is 9.59 Å². The van der Waals surface area contributed by atoms with Crippen LogP contribution in [-0.4, -0.2) is 36.9 Å². The topological polar surface area (TPSA) is 58.6 Å². The fourth-order valence-corrected chi connectivity index (χ4v) is 2.65. The molecule has 0 aromatic heterocycles. The van der Waals surface area contributed by atoms with Gasteiger partial charge in [-0.15, -0.1) is 0 Å². The second kappa shape index (κ2) is 8.87. The SMILES string of the molecule is CCN(CC)C(=O)c1cccc(NC(=O)Cc2ccccc2OC)c1. The first-order valence-electron chi connectivity index (χ1n) is 8.40. The van der Waals surface area contributed by atoms with Crippen molar-refractivity contribution in [3.63, 3.8) is 0 Å². The number of carbonyl (C=O) groups excluding carboxylic acids is 2. The number of anilines is 1. The summed E-state index contributed by atoms with van der Waals surface area (Å²) < 4.78 is 5.27. The van der Waals surface area contributed by atoms with Crippen molar-refractivity contribution in [2.75, 3.05) is 25.5 Å². The van der Waals surface area contributed by atoms with Gasteiger partial charge >= 0.3 is 0 Å². The van der Waals surface area contributed by atoms with Crippen LogP contribution in [0.2, 0.25) is 0 Å². The molecule has 0 radical (unpaired) electrons. The van der Waals surface area contributed by atoms with Gasteiger partial charge in [0.1, 0.15) is 5.75 Å². The van der Waals surface area contributed by atoms with Crippen LogP contribution < -0.4 is 10.1 Å². The molecule has 0 unspecified atom stereocenters. The molecule has 0 saturated carbocycles. The average molecular weight is 340 g/mol. The van der Waals surface area contributed by atoms with Gasteiger partial charge in [-0.3, -0.25) is 9.59 Å². The molecule has 0 aliphatic heterocycles. The zero-order valence-electron chi connectivity index (χ0n) is 14.9. The second-order valence-corrected chi connectivity index (χ2v) is 5.60. The highest BCUT2D eigenvalue weighted by Crippen LogP contribution is 2.19. The zero-order chi connectivity index (χ0) is 18.2. The summed E-state index contributed by atoms with van der Waals surface area (Å²) in [6, 6.07) is 14.4. The number of hydrogen-bond acceptors (Lipinski definition) is 3. The fraction of sp³-hybridized carbons (Fsp3) is 0.300. The number of para-hydroxylation sites is 1. The highest BCUT2D eigenvalue weighted by molar-refractivity contribution is 5.97. The first-order chi connectivity index (χ1) is 12.1. The summed E-state index contributed by atoms with van der Waals surface area (Å²) in [4.78, 5) is 26.5. The minimum absolute atomic E-state index is 0.0363. The lowest BCUT2D eigenvalue weighted by Gasteiger charge is -2.19. The van der Waals surface area contributed by atoms with E-state index in [0.29, 0.717) is 30.1 Å². The van der Waals surface area contributed by atoms with E-state index in [1.54, 1.807) is 36.3 Å². The smallest absolute Gasteiger partial charge is 0.253 e. The van der Waals surface area contributed by atoms with E-state index >= 15 is 0 Å². The Labute approximate surface area is 148 Å². The van der Waals surface area contributed by atoms with Crippen LogP contribution in [-0.2, 0) is 11.2 Å². The zero-order valence-corrected chi connectivity index (χ0v) is 14.9. The molecule has 2 amide bonds. The third-order valence-electron chi connectivity index (χ3n) is 3.99. The number of methoxy groups -OCH3 is 1. The number of rotatable bonds is 7. The predicted molar refractivity (Wildman–Crippen MR) is 99.0 cm³/mol. The van der Waals surface area contributed by atoms with Crippen LogP contribution in [0.4, 0.5) is 5.69 Å². The standard InChI is InChI=1S/C20H24N2O3/c1-4-22(5-2)20(24)16-10-8-11-17(13-16)21-19(23)14-15-9-6-7-12-18(15)25-3/h6-13H,4-5,14H2,1-3H3,(H,21,23). The van der Waals surface area contributed by atoms with E-state index < -0.39 is 0 Å². The number of nitrogens with one attached hydrogen (secondary N) is 1. The molecule has 0 atom stereocenters. The predicted octanol–water partition coefficient (Wildman–Crippen LogP) is 3.36. The van der Waals surface area contributed by atoms with Gasteiger partial charge in [-0.05, 0) is 38.1 Å². The van der Waals surface area contributed by atoms with Gasteiger partial charge in [0, 0.05) is 29.9 Å². The Morgan fingerprint density at radius 1 is 1.04 bits per heavy atom. The molecule has 0 spiro atoms. The van der Waals surface area contributed by atoms with Gasteiger partial charge < -0.3 is 15.0 Å². The molecule has 2 aromatic carbocycles. The van der Waals surface area contributed by atoms with Gasteiger partial charge in [-0.2, -0.15) is 0 Å². The Kier molecular flexibility index (Phi) is 6.57. The summed E-state index contributed by atoms with van der Waals surface area (Å²) in [6.45, 7) is 5.19. The van der Waals surface area contributed by atoms with Crippen molar-refractivity contribution in [1.82, 2.24) is 4.90 Å². The minimum atomic E-state index is -0.156. The molecule has 2 aromatic rings. The maximum Gasteiger partial charge on any atom is 0.253 e. The van der Waals surface area contributed by atoms with Crippen molar-refractivity contribution in [3.8, 4) is 5.75 Å². The Balaban J connectivity index is 2.09. The largest absolute Gasteiger partial charge is 0.496 e. The molecular weight excluding hydrogens is 316 g/mol. The molecule has 5 heteroatoms. The molecule has 0 saturated heterocycles. The molecule has 132 valence electrons. The second-order valence-electron chi connectivity index (χ2n) is 5.60. The van der Waals surface area contributed by atoms with Gasteiger partial charge in [0.05, 0.1) is 13.5 Å². The van der Waals surface area contributed by atoms with E-state index in [0.717, 1.165) is 5.56 Å². The minimum Gasteiger partial charge on any atom is -0.496 e. The molecule has 0 aliphatic rings. The van der Waals surface area contributed by atoms with Crippen LogP contribution in [0.1, 0.15) is 29.8 Å². The van der Waals surface area contributed by atoms with Crippen LogP contribution in [0, 0.1) is 0 Å². The lowest BCUT2D eigenvalue weighted by atomic mass is 10.1. The molecule has 2 rings (SSSR count). The summed E-state index contributed by atoms with van der Waals surface area (Å²) in [6.07, 6.45) is 0.207. The van der Waals surface area contributed by atoms with Crippen LogP contribution in [0.25, 0.3) is 0 Å². The van der Waals surface area contributed by atoms with E-state index in [1.807, 2.05) is 38.1 Å². The molecule has 0 aliphatic carbocycles. The maximum absolute atomic E-state index is 12.4. The Hall–Kier alpha value is -2.82. The third-order valence-corrected chi connectivity index (χ3v) is 3.99. The van der Waals surface area contributed by atoms with Gasteiger partial charge in [0.25, 0.3) is 5.91 Å². The summed E-state index contributed by atoms with van der Waals surface area (Å²) in [7, 11) is 1.58. The Morgan fingerprint density at radius 2 is 1.76 bits per heavy atom. The first kappa shape index (κ1) is 18.5. The van der Waals surface area contributed by atoms with Crippen molar-refractivity contribution in [3.05, 3.63) is 59.7 Å². The number of benzene rings is 2.